The highest BCUT2D eigenvalue weighted by atomic mass is 35.5. The fourth-order valence-corrected chi connectivity index (χ4v) is 7.13. The third-order valence-electron chi connectivity index (χ3n) is 9.57. The molecule has 17 heteroatoms. The number of carboxylic acids is 1. The van der Waals surface area contributed by atoms with Crippen LogP contribution in [0.25, 0.3) is 0 Å². The van der Waals surface area contributed by atoms with Gasteiger partial charge in [0.05, 0.1) is 12.3 Å². The Labute approximate surface area is 387 Å². The van der Waals surface area contributed by atoms with Gasteiger partial charge in [-0.2, -0.15) is 11.8 Å². The monoisotopic (exact) mass is 925 g/mol. The molecule has 15 nitrogen and oxygen atoms in total. The number of quaternary nitrogens is 1. The van der Waals surface area contributed by atoms with Crippen molar-refractivity contribution < 1.29 is 66.2 Å². The van der Waals surface area contributed by atoms with E-state index in [1.54, 1.807) is 78.9 Å². The van der Waals surface area contributed by atoms with Crippen LogP contribution in [0.15, 0.2) is 146 Å². The summed E-state index contributed by atoms with van der Waals surface area (Å²) in [6, 6.07) is 38.9. The first-order valence-corrected chi connectivity index (χ1v) is 21.7. The Morgan fingerprint density at radius 1 is 0.538 bits per heavy atom. The molecule has 5 aromatic carbocycles. The molecule has 0 saturated carbocycles. The van der Waals surface area contributed by atoms with E-state index in [4.69, 9.17) is 14.2 Å². The number of rotatable bonds is 24. The van der Waals surface area contributed by atoms with Gasteiger partial charge < -0.3 is 58.7 Å². The summed E-state index contributed by atoms with van der Waals surface area (Å²) >= 11 is 1.14. The number of esters is 1. The summed E-state index contributed by atoms with van der Waals surface area (Å²) in [5.41, 5.74) is 7.76. The summed E-state index contributed by atoms with van der Waals surface area (Å²) in [5, 5.41) is 20.0. The molecular formula is C48H52ClN5O10S. The third-order valence-corrected chi connectivity index (χ3v) is 10.8. The zero-order valence-electron chi connectivity index (χ0n) is 35.4. The number of hydrogen-bond donors (Lipinski definition) is 6. The van der Waals surface area contributed by atoms with Crippen LogP contribution in [0.4, 0.5) is 4.79 Å². The molecule has 342 valence electrons. The predicted molar refractivity (Wildman–Crippen MR) is 239 cm³/mol. The van der Waals surface area contributed by atoms with Gasteiger partial charge in [-0.3, -0.25) is 14.4 Å². The van der Waals surface area contributed by atoms with Crippen molar-refractivity contribution in [3.63, 3.8) is 0 Å². The number of alkyl carbamates (subject to hydrolysis) is 1. The molecule has 0 bridgehead atoms. The highest BCUT2D eigenvalue weighted by molar-refractivity contribution is 7.99. The summed E-state index contributed by atoms with van der Waals surface area (Å²) < 4.78 is 16.8. The molecule has 0 spiro atoms. The molecule has 0 heterocycles. The van der Waals surface area contributed by atoms with Crippen LogP contribution >= 0.6 is 11.8 Å². The lowest BCUT2D eigenvalue weighted by molar-refractivity contribution is -0.401. The molecule has 0 radical (unpaired) electrons. The quantitative estimate of drug-likeness (QED) is 0.0471. The number of carbonyl (C=O) groups is 6. The molecule has 5 aromatic rings. The first-order valence-electron chi connectivity index (χ1n) is 20.5. The van der Waals surface area contributed by atoms with Crippen molar-refractivity contribution in [2.45, 2.75) is 56.8 Å². The van der Waals surface area contributed by atoms with Gasteiger partial charge in [-0.1, -0.05) is 133 Å². The molecule has 8 N–H and O–H groups in total. The first kappa shape index (κ1) is 50.8. The summed E-state index contributed by atoms with van der Waals surface area (Å²) in [7, 11) is 0. The second-order valence-electron chi connectivity index (χ2n) is 14.6. The van der Waals surface area contributed by atoms with Gasteiger partial charge in [-0.25, -0.2) is 14.4 Å². The van der Waals surface area contributed by atoms with E-state index in [0.29, 0.717) is 23.5 Å². The SMILES string of the molecule is [Cl-].[NH3+][C@@H](CSC[C@@H](NC(=O)[C@H](Cc1ccc(OCc2ccccc2)cc1)NC(=O)OCc1ccccc1)C(=O)NCC(=O)N[C@@H](Cc1ccccc1)C(=O)O)C(=O)OCc1ccccc1. The molecule has 0 aromatic heterocycles. The number of benzene rings is 5. The van der Waals surface area contributed by atoms with Crippen molar-refractivity contribution in [2.75, 3.05) is 18.1 Å². The topological polar surface area (TPSA) is 226 Å². The Hall–Kier alpha value is -6.88. The van der Waals surface area contributed by atoms with E-state index in [2.05, 4.69) is 27.0 Å². The van der Waals surface area contributed by atoms with Gasteiger partial charge in [0.25, 0.3) is 0 Å². The van der Waals surface area contributed by atoms with Gasteiger partial charge in [0, 0.05) is 18.6 Å². The Kier molecular flexibility index (Phi) is 21.3. The van der Waals surface area contributed by atoms with Gasteiger partial charge >= 0.3 is 18.0 Å². The number of aliphatic carboxylic acids is 1. The van der Waals surface area contributed by atoms with E-state index in [1.165, 1.54) is 0 Å². The van der Waals surface area contributed by atoms with Crippen LogP contribution in [0.3, 0.4) is 0 Å². The molecule has 5 rings (SSSR count). The number of halogens is 1. The predicted octanol–water partition coefficient (Wildman–Crippen LogP) is 0.607. The number of amides is 4. The van der Waals surface area contributed by atoms with Crippen molar-refractivity contribution in [3.8, 4) is 5.75 Å². The van der Waals surface area contributed by atoms with Gasteiger partial charge in [0.1, 0.15) is 43.7 Å². The Morgan fingerprint density at radius 3 is 1.58 bits per heavy atom. The van der Waals surface area contributed by atoms with Crippen LogP contribution in [0.1, 0.15) is 27.8 Å². The van der Waals surface area contributed by atoms with Crippen molar-refractivity contribution in [3.05, 3.63) is 173 Å². The van der Waals surface area contributed by atoms with Crippen LogP contribution in [0.2, 0.25) is 0 Å². The molecule has 4 amide bonds. The van der Waals surface area contributed by atoms with Crippen LogP contribution < -0.4 is 44.1 Å². The van der Waals surface area contributed by atoms with E-state index in [1.807, 2.05) is 66.7 Å². The van der Waals surface area contributed by atoms with Gasteiger partial charge in [0.2, 0.25) is 17.7 Å². The van der Waals surface area contributed by atoms with E-state index in [-0.39, 0.29) is 50.0 Å². The molecule has 4 atom stereocenters. The largest absolute Gasteiger partial charge is 1.00 e. The van der Waals surface area contributed by atoms with Crippen LogP contribution in [-0.2, 0) is 66.1 Å². The molecule has 0 fully saturated rings. The van der Waals surface area contributed by atoms with Crippen molar-refractivity contribution in [1.82, 2.24) is 21.3 Å². The summed E-state index contributed by atoms with van der Waals surface area (Å²) in [4.78, 5) is 78.8. The normalized spacial score (nSPS) is 12.4. The number of carboxylic acid groups (broad SMARTS) is 1. The van der Waals surface area contributed by atoms with E-state index in [0.717, 1.165) is 28.5 Å². The number of thioether (sulfide) groups is 1. The van der Waals surface area contributed by atoms with Gasteiger partial charge in [0.15, 0.2) is 6.04 Å². The average molecular weight is 926 g/mol. The van der Waals surface area contributed by atoms with E-state index >= 15 is 0 Å². The highest BCUT2D eigenvalue weighted by Gasteiger charge is 2.30. The zero-order valence-corrected chi connectivity index (χ0v) is 37.0. The van der Waals surface area contributed by atoms with Gasteiger partial charge in [-0.15, -0.1) is 0 Å². The number of carbonyl (C=O) groups excluding carboxylic acids is 5. The smallest absolute Gasteiger partial charge is 0.408 e. The Bertz CT molecular complexity index is 2260. The van der Waals surface area contributed by atoms with E-state index in [9.17, 15) is 33.9 Å². The molecule has 0 aliphatic carbocycles. The lowest BCUT2D eigenvalue weighted by atomic mass is 10.0. The first-order chi connectivity index (χ1) is 31.0. The number of ether oxygens (including phenoxy) is 3. The highest BCUT2D eigenvalue weighted by Crippen LogP contribution is 2.16. The second-order valence-corrected chi connectivity index (χ2v) is 15.7. The van der Waals surface area contributed by atoms with Crippen LogP contribution in [0.5, 0.6) is 5.75 Å². The standard InChI is InChI=1S/C48H51N5O10S.ClH/c49-39(47(59)62-29-36-17-9-3-10-18-36)31-64-32-42(44(55)50-27-43(54)51-41(46(57)58)26-33-13-5-1-6-14-33)52-45(56)40(53-48(60)63-30-37-19-11-4-12-20-37)25-34-21-23-38(24-22-34)61-28-35-15-7-2-8-16-35;/h1-24,39-42H,25-32,49H2,(H,50,55)(H,51,54)(H,52,56)(H,53,60)(H,57,58);1H/t39-,40-,41-,42+;/m0./s1. The number of hydrogen-bond acceptors (Lipinski definition) is 10. The van der Waals surface area contributed by atoms with Gasteiger partial charge in [-0.05, 0) is 39.9 Å². The molecule has 0 aliphatic heterocycles. The number of nitrogens with one attached hydrogen (secondary N) is 4. The minimum Gasteiger partial charge on any atom is -1.00 e. The van der Waals surface area contributed by atoms with Crippen LogP contribution in [-0.4, -0.2) is 83.1 Å². The minimum atomic E-state index is -1.30. The Morgan fingerprint density at radius 2 is 1.03 bits per heavy atom. The second kappa shape index (κ2) is 27.3. The maximum atomic E-state index is 14.1. The van der Waals surface area contributed by atoms with E-state index < -0.39 is 66.5 Å². The molecule has 65 heavy (non-hydrogen) atoms. The Balaban J connectivity index is 0.00000925. The van der Waals surface area contributed by atoms with Crippen molar-refractivity contribution in [1.29, 1.82) is 0 Å². The fourth-order valence-electron chi connectivity index (χ4n) is 6.10. The van der Waals surface area contributed by atoms with Crippen LogP contribution in [0, 0.1) is 0 Å². The molecule has 0 aliphatic rings. The zero-order chi connectivity index (χ0) is 45.5. The third kappa shape index (κ3) is 18.4. The molecule has 0 unspecified atom stereocenters. The lowest BCUT2D eigenvalue weighted by Crippen LogP contribution is -3.00. The lowest BCUT2D eigenvalue weighted by Gasteiger charge is -2.23. The average Bonchev–Trinajstić information content (AvgIpc) is 3.32. The fraction of sp³-hybridized carbons (Fsp3) is 0.250. The van der Waals surface area contributed by atoms with Crippen molar-refractivity contribution in [2.24, 2.45) is 0 Å². The minimum absolute atomic E-state index is 0. The van der Waals surface area contributed by atoms with Crippen molar-refractivity contribution >= 4 is 47.5 Å². The maximum absolute atomic E-state index is 14.1. The summed E-state index contributed by atoms with van der Waals surface area (Å²) in [6.07, 6.45) is -0.880. The maximum Gasteiger partial charge on any atom is 0.408 e. The summed E-state index contributed by atoms with van der Waals surface area (Å²) in [5.74, 6) is -3.49. The summed E-state index contributed by atoms with van der Waals surface area (Å²) in [6.45, 7) is -0.267. The molecule has 0 saturated heterocycles. The molecular weight excluding hydrogens is 874 g/mol.